The van der Waals surface area contributed by atoms with E-state index in [4.69, 9.17) is 0 Å². The van der Waals surface area contributed by atoms with E-state index in [1.165, 1.54) is 12.1 Å². The molecule has 1 aliphatic rings. The molecule has 1 saturated heterocycles. The molecule has 1 aromatic carbocycles. The monoisotopic (exact) mass is 342 g/mol. The Kier molecular flexibility index (Phi) is 5.65. The number of rotatable bonds is 3. The molecule has 136 valence electrons. The lowest BCUT2D eigenvalue weighted by Gasteiger charge is -2.48. The quantitative estimate of drug-likeness (QED) is 0.766. The first-order valence-corrected chi connectivity index (χ1v) is 8.72. The van der Waals surface area contributed by atoms with Gasteiger partial charge in [-0.3, -0.25) is 9.80 Å². The first-order valence-electron chi connectivity index (χ1n) is 8.72. The Hall–Kier alpha value is -1.07. The summed E-state index contributed by atoms with van der Waals surface area (Å²) < 4.78 is 38.2. The minimum atomic E-state index is -4.27. The maximum Gasteiger partial charge on any atom is 0.416 e. The van der Waals surface area contributed by atoms with Crippen molar-refractivity contribution in [1.82, 2.24) is 9.80 Å². The van der Waals surface area contributed by atoms with Gasteiger partial charge in [0.25, 0.3) is 0 Å². The van der Waals surface area contributed by atoms with Crippen molar-refractivity contribution >= 4 is 0 Å². The summed E-state index contributed by atoms with van der Waals surface area (Å²) in [6.07, 6.45) is -3.37. The van der Waals surface area contributed by atoms with Crippen LogP contribution in [0.1, 0.15) is 58.2 Å². The molecule has 2 rings (SSSR count). The number of nitrogens with zero attached hydrogens (tertiary/aromatic N) is 2. The lowest BCUT2D eigenvalue weighted by Crippen LogP contribution is -2.58. The molecule has 1 fully saturated rings. The molecular weight excluding hydrogens is 313 g/mol. The average Bonchev–Trinajstić information content (AvgIpc) is 2.46. The number of piperazine rings is 1. The van der Waals surface area contributed by atoms with Crippen molar-refractivity contribution in [1.29, 1.82) is 0 Å². The van der Waals surface area contributed by atoms with Gasteiger partial charge in [-0.15, -0.1) is 0 Å². The van der Waals surface area contributed by atoms with E-state index in [0.29, 0.717) is 6.04 Å². The topological polar surface area (TPSA) is 6.48 Å². The maximum absolute atomic E-state index is 12.7. The molecular formula is C19H29F3N2. The fourth-order valence-corrected chi connectivity index (χ4v) is 3.86. The molecule has 0 N–H and O–H groups in total. The van der Waals surface area contributed by atoms with E-state index in [2.05, 4.69) is 44.4 Å². The Morgan fingerprint density at radius 1 is 1.08 bits per heavy atom. The van der Waals surface area contributed by atoms with E-state index < -0.39 is 11.7 Å². The van der Waals surface area contributed by atoms with Crippen LogP contribution in [0.5, 0.6) is 0 Å². The van der Waals surface area contributed by atoms with Crippen LogP contribution >= 0.6 is 0 Å². The minimum absolute atomic E-state index is 0.140. The van der Waals surface area contributed by atoms with Crippen LogP contribution in [0.15, 0.2) is 24.3 Å². The number of alkyl halides is 3. The zero-order valence-corrected chi connectivity index (χ0v) is 15.3. The smallest absolute Gasteiger partial charge is 0.294 e. The van der Waals surface area contributed by atoms with Crippen molar-refractivity contribution in [2.75, 3.05) is 19.6 Å². The van der Waals surface area contributed by atoms with Gasteiger partial charge in [0.05, 0.1) is 5.56 Å². The summed E-state index contributed by atoms with van der Waals surface area (Å²) in [7, 11) is 0. The summed E-state index contributed by atoms with van der Waals surface area (Å²) in [4.78, 5) is 4.92. The van der Waals surface area contributed by atoms with E-state index in [1.54, 1.807) is 12.1 Å². The molecule has 2 atom stereocenters. The van der Waals surface area contributed by atoms with Crippen LogP contribution in [0.25, 0.3) is 0 Å². The lowest BCUT2D eigenvalue weighted by atomic mass is 9.96. The zero-order chi connectivity index (χ0) is 18.1. The fourth-order valence-electron chi connectivity index (χ4n) is 3.86. The van der Waals surface area contributed by atoms with E-state index in [-0.39, 0.29) is 11.6 Å². The van der Waals surface area contributed by atoms with Gasteiger partial charge in [0, 0.05) is 37.3 Å². The fraction of sp³-hybridized carbons (Fsp3) is 0.684. The highest BCUT2D eigenvalue weighted by molar-refractivity contribution is 5.27. The van der Waals surface area contributed by atoms with Gasteiger partial charge in [-0.25, -0.2) is 0 Å². The van der Waals surface area contributed by atoms with Crippen molar-refractivity contribution < 1.29 is 13.2 Å². The van der Waals surface area contributed by atoms with Crippen LogP contribution in [0.3, 0.4) is 0 Å². The molecule has 1 aliphatic heterocycles. The summed E-state index contributed by atoms with van der Waals surface area (Å²) >= 11 is 0. The predicted molar refractivity (Wildman–Crippen MR) is 92.0 cm³/mol. The van der Waals surface area contributed by atoms with Crippen molar-refractivity contribution in [2.24, 2.45) is 0 Å². The molecule has 0 unspecified atom stereocenters. The van der Waals surface area contributed by atoms with Crippen LogP contribution in [0, 0.1) is 0 Å². The molecule has 0 aromatic heterocycles. The largest absolute Gasteiger partial charge is 0.416 e. The Bertz CT molecular complexity index is 531. The molecule has 24 heavy (non-hydrogen) atoms. The highest BCUT2D eigenvalue weighted by Gasteiger charge is 2.34. The Balaban J connectivity index is 2.12. The van der Waals surface area contributed by atoms with Gasteiger partial charge in [0.15, 0.2) is 0 Å². The predicted octanol–water partition coefficient (Wildman–Crippen LogP) is 4.96. The number of hydrogen-bond donors (Lipinski definition) is 0. The van der Waals surface area contributed by atoms with Crippen molar-refractivity contribution in [3.8, 4) is 0 Å². The third-order valence-corrected chi connectivity index (χ3v) is 4.97. The van der Waals surface area contributed by atoms with Gasteiger partial charge in [-0.2, -0.15) is 13.2 Å². The summed E-state index contributed by atoms with van der Waals surface area (Å²) in [5.41, 5.74) is 0.538. The molecule has 0 bridgehead atoms. The second-order valence-corrected chi connectivity index (χ2v) is 7.75. The van der Waals surface area contributed by atoms with E-state index in [0.717, 1.165) is 31.6 Å². The first-order chi connectivity index (χ1) is 11.0. The highest BCUT2D eigenvalue weighted by atomic mass is 19.4. The molecule has 1 heterocycles. The molecule has 0 spiro atoms. The number of benzene rings is 1. The zero-order valence-electron chi connectivity index (χ0n) is 15.3. The average molecular weight is 342 g/mol. The normalized spacial score (nSPS) is 22.6. The highest BCUT2D eigenvalue weighted by Crippen LogP contribution is 2.33. The molecule has 0 saturated carbocycles. The molecule has 1 aromatic rings. The minimum Gasteiger partial charge on any atom is -0.294 e. The maximum atomic E-state index is 12.7. The van der Waals surface area contributed by atoms with Crippen molar-refractivity contribution in [3.63, 3.8) is 0 Å². The van der Waals surface area contributed by atoms with Gasteiger partial charge in [0.2, 0.25) is 0 Å². The second-order valence-electron chi connectivity index (χ2n) is 7.75. The first kappa shape index (κ1) is 19.3. The summed E-state index contributed by atoms with van der Waals surface area (Å²) in [5, 5.41) is 0. The molecule has 0 amide bonds. The number of halogens is 3. The van der Waals surface area contributed by atoms with Crippen molar-refractivity contribution in [3.05, 3.63) is 35.4 Å². The standard InChI is InChI=1S/C19H29F3N2/c1-6-17(15-7-9-16(10-8-15)19(20,21)22)23-11-12-24(14(2)13-23)18(3,4)5/h7-10,14,17H,6,11-13H2,1-5H3/t14-,17-/m0/s1. The second kappa shape index (κ2) is 7.04. The molecule has 0 aliphatic carbocycles. The van der Waals surface area contributed by atoms with Gasteiger partial charge >= 0.3 is 6.18 Å². The SMILES string of the molecule is CC[C@@H](c1ccc(C(F)(F)F)cc1)N1CCN(C(C)(C)C)[C@@H](C)C1. The third kappa shape index (κ3) is 4.31. The van der Waals surface area contributed by atoms with Gasteiger partial charge in [0.1, 0.15) is 0 Å². The van der Waals surface area contributed by atoms with E-state index in [1.807, 2.05) is 0 Å². The Morgan fingerprint density at radius 2 is 1.67 bits per heavy atom. The lowest BCUT2D eigenvalue weighted by molar-refractivity contribution is -0.137. The van der Waals surface area contributed by atoms with Gasteiger partial charge in [-0.05, 0) is 51.8 Å². The van der Waals surface area contributed by atoms with E-state index in [9.17, 15) is 13.2 Å². The molecule has 0 radical (unpaired) electrons. The summed E-state index contributed by atoms with van der Waals surface area (Å²) in [6.45, 7) is 13.9. The Morgan fingerprint density at radius 3 is 2.08 bits per heavy atom. The molecule has 5 heteroatoms. The van der Waals surface area contributed by atoms with Gasteiger partial charge < -0.3 is 0 Å². The number of hydrogen-bond acceptors (Lipinski definition) is 2. The molecule has 2 nitrogen and oxygen atoms in total. The summed E-state index contributed by atoms with van der Waals surface area (Å²) in [6, 6.07) is 6.29. The summed E-state index contributed by atoms with van der Waals surface area (Å²) in [5.74, 6) is 0. The third-order valence-electron chi connectivity index (χ3n) is 4.97. The van der Waals surface area contributed by atoms with Crippen LogP contribution in [-0.4, -0.2) is 41.0 Å². The van der Waals surface area contributed by atoms with Crippen LogP contribution in [-0.2, 0) is 6.18 Å². The van der Waals surface area contributed by atoms with Crippen LogP contribution in [0.2, 0.25) is 0 Å². The van der Waals surface area contributed by atoms with Crippen molar-refractivity contribution in [2.45, 2.75) is 64.8 Å². The van der Waals surface area contributed by atoms with Crippen LogP contribution in [0.4, 0.5) is 13.2 Å². The Labute approximate surface area is 143 Å². The van der Waals surface area contributed by atoms with Gasteiger partial charge in [-0.1, -0.05) is 19.1 Å². The van der Waals surface area contributed by atoms with Crippen LogP contribution < -0.4 is 0 Å². The van der Waals surface area contributed by atoms with E-state index >= 15 is 0 Å².